The molecule has 0 aliphatic rings. The normalized spacial score (nSPS) is 10.7. The van der Waals surface area contributed by atoms with Crippen molar-refractivity contribution in [2.45, 2.75) is 0 Å². The lowest BCUT2D eigenvalue weighted by molar-refractivity contribution is 1.29. The van der Waals surface area contributed by atoms with E-state index < -0.39 is 0 Å². The fourth-order valence-corrected chi connectivity index (χ4v) is 2.63. The van der Waals surface area contributed by atoms with Gasteiger partial charge in [-0.1, -0.05) is 72.8 Å². The third-order valence-corrected chi connectivity index (χ3v) is 3.73. The van der Waals surface area contributed by atoms with Crippen LogP contribution in [0.2, 0.25) is 0 Å². The topological polar surface area (TPSA) is 25.8 Å². The first-order valence-corrected chi connectivity index (χ1v) is 7.28. The molecule has 0 aliphatic carbocycles. The number of fused-ring (bicyclic) bond motifs is 1. The first-order chi connectivity index (χ1) is 10.9. The number of aromatic nitrogens is 2. The highest BCUT2D eigenvalue weighted by Gasteiger charge is 2.08. The second kappa shape index (κ2) is 5.41. The van der Waals surface area contributed by atoms with E-state index in [1.54, 1.807) is 0 Å². The Hall–Kier alpha value is -3.00. The van der Waals surface area contributed by atoms with Crippen LogP contribution in [-0.2, 0) is 0 Å². The molecule has 104 valence electrons. The maximum Gasteiger partial charge on any atom is 0.0972 e. The van der Waals surface area contributed by atoms with Gasteiger partial charge in [-0.25, -0.2) is 4.98 Å². The van der Waals surface area contributed by atoms with Crippen molar-refractivity contribution in [3.05, 3.63) is 85.1 Å². The van der Waals surface area contributed by atoms with Crippen molar-refractivity contribution in [1.29, 1.82) is 0 Å². The van der Waals surface area contributed by atoms with Gasteiger partial charge >= 0.3 is 0 Å². The third-order valence-electron chi connectivity index (χ3n) is 3.73. The Kier molecular flexibility index (Phi) is 3.13. The standard InChI is InChI=1S/C20H14N2/c1-3-8-15(9-4-1)17-12-7-13-18-20(17)22-19(14-21-18)16-10-5-2-6-11-16/h1-14H. The molecule has 0 bridgehead atoms. The minimum absolute atomic E-state index is 0.900. The molecule has 0 spiro atoms. The molecule has 0 saturated carbocycles. The predicted molar refractivity (Wildman–Crippen MR) is 90.4 cm³/mol. The Morgan fingerprint density at radius 1 is 0.591 bits per heavy atom. The minimum atomic E-state index is 0.900. The average molecular weight is 282 g/mol. The van der Waals surface area contributed by atoms with Gasteiger partial charge in [0.25, 0.3) is 0 Å². The lowest BCUT2D eigenvalue weighted by Crippen LogP contribution is -1.91. The smallest absolute Gasteiger partial charge is 0.0972 e. The Balaban J connectivity index is 1.95. The summed E-state index contributed by atoms with van der Waals surface area (Å²) in [7, 11) is 0. The predicted octanol–water partition coefficient (Wildman–Crippen LogP) is 4.96. The first-order valence-electron chi connectivity index (χ1n) is 7.28. The van der Waals surface area contributed by atoms with Gasteiger partial charge < -0.3 is 0 Å². The monoisotopic (exact) mass is 282 g/mol. The summed E-state index contributed by atoms with van der Waals surface area (Å²) in [5.41, 5.74) is 6.11. The second-order valence-corrected chi connectivity index (χ2v) is 5.16. The molecule has 0 aliphatic heterocycles. The van der Waals surface area contributed by atoms with Gasteiger partial charge in [0.2, 0.25) is 0 Å². The van der Waals surface area contributed by atoms with Crippen LogP contribution in [0, 0.1) is 0 Å². The highest BCUT2D eigenvalue weighted by Crippen LogP contribution is 2.28. The molecule has 0 saturated heterocycles. The van der Waals surface area contributed by atoms with E-state index in [2.05, 4.69) is 35.3 Å². The Bertz CT molecular complexity index is 916. The average Bonchev–Trinajstić information content (AvgIpc) is 2.62. The number of hydrogen-bond acceptors (Lipinski definition) is 2. The van der Waals surface area contributed by atoms with Crippen LogP contribution >= 0.6 is 0 Å². The Labute approximate surface area is 129 Å². The van der Waals surface area contributed by atoms with Crippen molar-refractivity contribution in [2.75, 3.05) is 0 Å². The molecule has 4 aromatic rings. The molecule has 2 nitrogen and oxygen atoms in total. The van der Waals surface area contributed by atoms with Crippen LogP contribution < -0.4 is 0 Å². The maximum atomic E-state index is 4.86. The summed E-state index contributed by atoms with van der Waals surface area (Å²) >= 11 is 0. The van der Waals surface area contributed by atoms with Crippen molar-refractivity contribution in [2.24, 2.45) is 0 Å². The SMILES string of the molecule is c1ccc(-c2cnc3cccc(-c4ccccc4)c3n2)cc1. The number of hydrogen-bond donors (Lipinski definition) is 0. The zero-order chi connectivity index (χ0) is 14.8. The molecule has 0 fully saturated rings. The summed E-state index contributed by atoms with van der Waals surface area (Å²) in [5.74, 6) is 0. The summed E-state index contributed by atoms with van der Waals surface area (Å²) in [6.45, 7) is 0. The van der Waals surface area contributed by atoms with Gasteiger partial charge in [0, 0.05) is 11.1 Å². The molecule has 0 unspecified atom stereocenters. The molecule has 0 radical (unpaired) electrons. The lowest BCUT2D eigenvalue weighted by atomic mass is 10.0. The molecule has 3 aromatic carbocycles. The lowest BCUT2D eigenvalue weighted by Gasteiger charge is -2.07. The van der Waals surface area contributed by atoms with Crippen LogP contribution in [0.5, 0.6) is 0 Å². The Morgan fingerprint density at radius 3 is 2.00 bits per heavy atom. The molecule has 1 heterocycles. The van der Waals surface area contributed by atoms with Gasteiger partial charge in [-0.05, 0) is 11.6 Å². The van der Waals surface area contributed by atoms with Gasteiger partial charge in [0.05, 0.1) is 22.9 Å². The molecule has 0 amide bonds. The summed E-state index contributed by atoms with van der Waals surface area (Å²) < 4.78 is 0. The van der Waals surface area contributed by atoms with E-state index in [9.17, 15) is 0 Å². The minimum Gasteiger partial charge on any atom is -0.252 e. The summed E-state index contributed by atoms with van der Waals surface area (Å²) in [4.78, 5) is 9.44. The highest BCUT2D eigenvalue weighted by molar-refractivity contribution is 5.92. The van der Waals surface area contributed by atoms with E-state index >= 15 is 0 Å². The zero-order valence-corrected chi connectivity index (χ0v) is 12.0. The van der Waals surface area contributed by atoms with Crippen molar-refractivity contribution < 1.29 is 0 Å². The van der Waals surface area contributed by atoms with E-state index in [4.69, 9.17) is 4.98 Å². The van der Waals surface area contributed by atoms with Crippen LogP contribution in [0.4, 0.5) is 0 Å². The van der Waals surface area contributed by atoms with Gasteiger partial charge in [-0.3, -0.25) is 4.98 Å². The Morgan fingerprint density at radius 2 is 1.27 bits per heavy atom. The van der Waals surface area contributed by atoms with Gasteiger partial charge in [-0.2, -0.15) is 0 Å². The summed E-state index contributed by atoms with van der Waals surface area (Å²) in [6, 6.07) is 26.6. The molecule has 4 rings (SSSR count). The van der Waals surface area contributed by atoms with Crippen molar-refractivity contribution in [1.82, 2.24) is 9.97 Å². The van der Waals surface area contributed by atoms with Crippen LogP contribution in [0.1, 0.15) is 0 Å². The molecule has 0 N–H and O–H groups in total. The quantitative estimate of drug-likeness (QED) is 0.519. The van der Waals surface area contributed by atoms with E-state index in [-0.39, 0.29) is 0 Å². The molecule has 0 atom stereocenters. The van der Waals surface area contributed by atoms with E-state index in [1.807, 2.05) is 54.7 Å². The van der Waals surface area contributed by atoms with E-state index in [0.29, 0.717) is 0 Å². The molecule has 2 heteroatoms. The second-order valence-electron chi connectivity index (χ2n) is 5.16. The first kappa shape index (κ1) is 12.7. The van der Waals surface area contributed by atoms with E-state index in [0.717, 1.165) is 33.4 Å². The fraction of sp³-hybridized carbons (Fsp3) is 0. The van der Waals surface area contributed by atoms with Crippen molar-refractivity contribution >= 4 is 11.0 Å². The van der Waals surface area contributed by atoms with Crippen molar-refractivity contribution in [3.63, 3.8) is 0 Å². The number of nitrogens with zero attached hydrogens (tertiary/aromatic N) is 2. The zero-order valence-electron chi connectivity index (χ0n) is 12.0. The van der Waals surface area contributed by atoms with E-state index in [1.165, 1.54) is 0 Å². The fourth-order valence-electron chi connectivity index (χ4n) is 2.63. The highest BCUT2D eigenvalue weighted by atomic mass is 14.8. The number of benzene rings is 3. The number of rotatable bonds is 2. The van der Waals surface area contributed by atoms with Crippen LogP contribution in [0.3, 0.4) is 0 Å². The molecular formula is C20H14N2. The summed E-state index contributed by atoms with van der Waals surface area (Å²) in [5, 5.41) is 0. The molecule has 22 heavy (non-hydrogen) atoms. The number of para-hydroxylation sites is 1. The van der Waals surface area contributed by atoms with Gasteiger partial charge in [0.15, 0.2) is 0 Å². The van der Waals surface area contributed by atoms with Crippen LogP contribution in [0.25, 0.3) is 33.4 Å². The van der Waals surface area contributed by atoms with Gasteiger partial charge in [0.1, 0.15) is 0 Å². The molecule has 1 aromatic heterocycles. The van der Waals surface area contributed by atoms with Gasteiger partial charge in [-0.15, -0.1) is 0 Å². The maximum absolute atomic E-state index is 4.86. The largest absolute Gasteiger partial charge is 0.252 e. The van der Waals surface area contributed by atoms with Crippen LogP contribution in [0.15, 0.2) is 85.1 Å². The van der Waals surface area contributed by atoms with Crippen molar-refractivity contribution in [3.8, 4) is 22.4 Å². The molecular weight excluding hydrogens is 268 g/mol. The van der Waals surface area contributed by atoms with Crippen LogP contribution in [-0.4, -0.2) is 9.97 Å². The summed E-state index contributed by atoms with van der Waals surface area (Å²) in [6.07, 6.45) is 1.84. The third kappa shape index (κ3) is 2.25.